The molecule has 0 saturated heterocycles. The van der Waals surface area contributed by atoms with Crippen LogP contribution in [0, 0.1) is 12.7 Å². The van der Waals surface area contributed by atoms with Gasteiger partial charge in [-0.1, -0.05) is 18.2 Å². The number of amides is 2. The molecule has 0 spiro atoms. The highest BCUT2D eigenvalue weighted by atomic mass is 19.1. The van der Waals surface area contributed by atoms with E-state index >= 15 is 0 Å². The SMILES string of the molecule is Cc1ccc(F)cc1NC(=O)C1=NCNC1(C(N)=O)c1nc2ccccc2[nH]1. The van der Waals surface area contributed by atoms with Gasteiger partial charge in [0, 0.05) is 5.69 Å². The predicted molar refractivity (Wildman–Crippen MR) is 102 cm³/mol. The van der Waals surface area contributed by atoms with E-state index in [1.165, 1.54) is 12.1 Å². The van der Waals surface area contributed by atoms with Gasteiger partial charge in [0.1, 0.15) is 17.4 Å². The van der Waals surface area contributed by atoms with Crippen molar-refractivity contribution in [3.63, 3.8) is 0 Å². The molecule has 5 N–H and O–H groups in total. The molecule has 1 atom stereocenters. The number of carbonyl (C=O) groups is 2. The van der Waals surface area contributed by atoms with E-state index in [-0.39, 0.29) is 23.9 Å². The Morgan fingerprint density at radius 3 is 2.79 bits per heavy atom. The second kappa shape index (κ2) is 6.54. The van der Waals surface area contributed by atoms with Gasteiger partial charge in [-0.3, -0.25) is 19.9 Å². The van der Waals surface area contributed by atoms with E-state index in [9.17, 15) is 14.0 Å². The summed E-state index contributed by atoms with van der Waals surface area (Å²) < 4.78 is 13.6. The zero-order chi connectivity index (χ0) is 19.9. The lowest BCUT2D eigenvalue weighted by atomic mass is 9.91. The molecular formula is C19H17FN6O2. The van der Waals surface area contributed by atoms with Crippen LogP contribution >= 0.6 is 0 Å². The molecule has 3 aromatic rings. The summed E-state index contributed by atoms with van der Waals surface area (Å²) in [5.41, 5.74) is 6.07. The van der Waals surface area contributed by atoms with E-state index in [1.807, 2.05) is 6.07 Å². The number of anilines is 1. The second-order valence-electron chi connectivity index (χ2n) is 6.47. The molecule has 0 fully saturated rings. The fourth-order valence-corrected chi connectivity index (χ4v) is 3.24. The average Bonchev–Trinajstić information content (AvgIpc) is 3.29. The standard InChI is InChI=1S/C19H17FN6O2/c1-10-6-7-11(20)8-14(10)24-16(27)15-19(17(21)28,23-9-22-15)18-25-12-4-2-3-5-13(12)26-18/h2-8,23H,9H2,1H3,(H2,21,28)(H,24,27)(H,25,26). The van der Waals surface area contributed by atoms with Gasteiger partial charge in [-0.05, 0) is 36.8 Å². The Morgan fingerprint density at radius 1 is 1.25 bits per heavy atom. The summed E-state index contributed by atoms with van der Waals surface area (Å²) >= 11 is 0. The molecule has 1 unspecified atom stereocenters. The minimum atomic E-state index is -1.72. The maximum atomic E-state index is 13.6. The van der Waals surface area contributed by atoms with E-state index in [4.69, 9.17) is 5.73 Å². The molecule has 1 aliphatic heterocycles. The van der Waals surface area contributed by atoms with Crippen molar-refractivity contribution in [2.75, 3.05) is 12.0 Å². The molecule has 142 valence electrons. The van der Waals surface area contributed by atoms with Crippen molar-refractivity contribution in [2.24, 2.45) is 10.7 Å². The van der Waals surface area contributed by atoms with E-state index in [2.05, 4.69) is 25.6 Å². The number of H-pyrrole nitrogens is 1. The molecule has 4 rings (SSSR count). The van der Waals surface area contributed by atoms with Crippen LogP contribution in [-0.4, -0.2) is 34.2 Å². The lowest BCUT2D eigenvalue weighted by Gasteiger charge is -2.25. The summed E-state index contributed by atoms with van der Waals surface area (Å²) in [5.74, 6) is -1.82. The van der Waals surface area contributed by atoms with Crippen molar-refractivity contribution >= 4 is 34.2 Å². The third kappa shape index (κ3) is 2.72. The summed E-state index contributed by atoms with van der Waals surface area (Å²) in [4.78, 5) is 37.0. The summed E-state index contributed by atoms with van der Waals surface area (Å²) in [6.45, 7) is 1.73. The first kappa shape index (κ1) is 17.8. The van der Waals surface area contributed by atoms with Gasteiger partial charge in [0.05, 0.1) is 17.7 Å². The van der Waals surface area contributed by atoms with Gasteiger partial charge in [0.25, 0.3) is 11.8 Å². The summed E-state index contributed by atoms with van der Waals surface area (Å²) in [6.07, 6.45) is 0. The number of carbonyl (C=O) groups excluding carboxylic acids is 2. The van der Waals surface area contributed by atoms with Crippen LogP contribution in [0.4, 0.5) is 10.1 Å². The van der Waals surface area contributed by atoms with Gasteiger partial charge in [-0.15, -0.1) is 0 Å². The first-order valence-corrected chi connectivity index (χ1v) is 8.54. The van der Waals surface area contributed by atoms with E-state index in [0.717, 1.165) is 0 Å². The molecule has 1 aromatic heterocycles. The third-order valence-electron chi connectivity index (χ3n) is 4.71. The number of hydrogen-bond donors (Lipinski definition) is 4. The fourth-order valence-electron chi connectivity index (χ4n) is 3.24. The lowest BCUT2D eigenvalue weighted by Crippen LogP contribution is -2.58. The van der Waals surface area contributed by atoms with Crippen LogP contribution in [-0.2, 0) is 15.1 Å². The van der Waals surface area contributed by atoms with Gasteiger partial charge < -0.3 is 16.0 Å². The van der Waals surface area contributed by atoms with Crippen molar-refractivity contribution in [1.82, 2.24) is 15.3 Å². The Morgan fingerprint density at radius 2 is 2.04 bits per heavy atom. The predicted octanol–water partition coefficient (Wildman–Crippen LogP) is 1.33. The number of para-hydroxylation sites is 2. The number of nitrogens with one attached hydrogen (secondary N) is 3. The quantitative estimate of drug-likeness (QED) is 0.545. The summed E-state index contributed by atoms with van der Waals surface area (Å²) in [7, 11) is 0. The topological polar surface area (TPSA) is 125 Å². The number of aryl methyl sites for hydroxylation is 1. The first-order valence-electron chi connectivity index (χ1n) is 8.54. The van der Waals surface area contributed by atoms with Crippen LogP contribution in [0.3, 0.4) is 0 Å². The largest absolute Gasteiger partial charge is 0.367 e. The molecule has 28 heavy (non-hydrogen) atoms. The smallest absolute Gasteiger partial charge is 0.272 e. The van der Waals surface area contributed by atoms with Crippen molar-refractivity contribution in [3.8, 4) is 0 Å². The van der Waals surface area contributed by atoms with E-state index in [1.54, 1.807) is 31.2 Å². The van der Waals surface area contributed by atoms with Gasteiger partial charge in [-0.25, -0.2) is 9.37 Å². The number of benzene rings is 2. The van der Waals surface area contributed by atoms with E-state index < -0.39 is 23.2 Å². The molecule has 0 bridgehead atoms. The first-order chi connectivity index (χ1) is 13.4. The Labute approximate surface area is 159 Å². The van der Waals surface area contributed by atoms with Crippen molar-refractivity contribution in [2.45, 2.75) is 12.5 Å². The normalized spacial score (nSPS) is 18.9. The summed E-state index contributed by atoms with van der Waals surface area (Å²) in [6, 6.07) is 11.2. The fraction of sp³-hybridized carbons (Fsp3) is 0.158. The highest BCUT2D eigenvalue weighted by Crippen LogP contribution is 2.28. The number of rotatable bonds is 4. The molecule has 2 aromatic carbocycles. The Kier molecular flexibility index (Phi) is 4.16. The minimum Gasteiger partial charge on any atom is -0.367 e. The number of hydrogen-bond acceptors (Lipinski definition) is 5. The number of halogens is 1. The molecule has 2 heterocycles. The van der Waals surface area contributed by atoms with Crippen molar-refractivity contribution in [1.29, 1.82) is 0 Å². The molecule has 8 nitrogen and oxygen atoms in total. The van der Waals surface area contributed by atoms with Crippen LogP contribution in [0.25, 0.3) is 11.0 Å². The van der Waals surface area contributed by atoms with Crippen LogP contribution in [0.2, 0.25) is 0 Å². The number of aliphatic imine (C=N–C) groups is 1. The molecule has 0 saturated carbocycles. The van der Waals surface area contributed by atoms with Gasteiger partial charge >= 0.3 is 0 Å². The number of fused-ring (bicyclic) bond motifs is 1. The van der Waals surface area contributed by atoms with Crippen molar-refractivity contribution < 1.29 is 14.0 Å². The number of imidazole rings is 1. The highest BCUT2D eigenvalue weighted by molar-refractivity contribution is 6.50. The van der Waals surface area contributed by atoms with Gasteiger partial charge in [0.2, 0.25) is 5.54 Å². The molecule has 0 aliphatic carbocycles. The zero-order valence-electron chi connectivity index (χ0n) is 14.9. The van der Waals surface area contributed by atoms with Crippen LogP contribution in [0.5, 0.6) is 0 Å². The van der Waals surface area contributed by atoms with Crippen LogP contribution in [0.1, 0.15) is 11.4 Å². The molecule has 9 heteroatoms. The molecule has 0 radical (unpaired) electrons. The number of aromatic nitrogens is 2. The molecular weight excluding hydrogens is 363 g/mol. The number of primary amides is 1. The maximum Gasteiger partial charge on any atom is 0.272 e. The lowest BCUT2D eigenvalue weighted by molar-refractivity contribution is -0.123. The third-order valence-corrected chi connectivity index (χ3v) is 4.71. The number of aromatic amines is 1. The average molecular weight is 380 g/mol. The Balaban J connectivity index is 1.75. The zero-order valence-corrected chi connectivity index (χ0v) is 14.9. The molecule has 2 amide bonds. The maximum absolute atomic E-state index is 13.6. The minimum absolute atomic E-state index is 0.00483. The summed E-state index contributed by atoms with van der Waals surface area (Å²) in [5, 5.41) is 5.49. The Hall–Kier alpha value is -3.59. The van der Waals surface area contributed by atoms with E-state index in [0.29, 0.717) is 16.6 Å². The van der Waals surface area contributed by atoms with Crippen LogP contribution < -0.4 is 16.4 Å². The van der Waals surface area contributed by atoms with Gasteiger partial charge in [-0.2, -0.15) is 0 Å². The molecule has 1 aliphatic rings. The second-order valence-corrected chi connectivity index (χ2v) is 6.47. The van der Waals surface area contributed by atoms with Crippen LogP contribution in [0.15, 0.2) is 47.5 Å². The highest BCUT2D eigenvalue weighted by Gasteiger charge is 2.52. The Bertz CT molecular complexity index is 1110. The van der Waals surface area contributed by atoms with Gasteiger partial charge in [0.15, 0.2) is 0 Å². The van der Waals surface area contributed by atoms with Crippen molar-refractivity contribution in [3.05, 3.63) is 59.7 Å². The number of nitrogens with two attached hydrogens (primary N) is 1. The number of nitrogens with zero attached hydrogens (tertiary/aromatic N) is 2. The monoisotopic (exact) mass is 380 g/mol.